The molecule has 0 N–H and O–H groups in total. The van der Waals surface area contributed by atoms with Crippen molar-refractivity contribution in [2.45, 2.75) is 13.5 Å². The Morgan fingerprint density at radius 2 is 1.93 bits per heavy atom. The lowest BCUT2D eigenvalue weighted by atomic mass is 10.1. The second kappa shape index (κ2) is 8.12. The third-order valence-corrected chi connectivity index (χ3v) is 4.40. The number of ether oxygens (including phenoxy) is 2. The molecular weight excluding hydrogens is 388 g/mol. The minimum Gasteiger partial charge on any atom is -0.484 e. The predicted molar refractivity (Wildman–Crippen MR) is 107 cm³/mol. The monoisotopic (exact) mass is 406 g/mol. The summed E-state index contributed by atoms with van der Waals surface area (Å²) < 4.78 is 21.3. The normalized spacial score (nSPS) is 10.7. The molecule has 0 radical (unpaired) electrons. The molecule has 0 aliphatic rings. The van der Waals surface area contributed by atoms with Crippen LogP contribution < -0.4 is 9.64 Å². The first kappa shape index (κ1) is 19.3. The van der Waals surface area contributed by atoms with Gasteiger partial charge in [-0.05, 0) is 55.0 Å². The number of nitrogens with zero attached hydrogens (tertiary/aromatic N) is 2. The lowest BCUT2D eigenvalue weighted by Crippen LogP contribution is -2.37. The second-order valence-corrected chi connectivity index (χ2v) is 6.40. The van der Waals surface area contributed by atoms with Crippen molar-refractivity contribution in [3.63, 3.8) is 0 Å². The number of oxazole rings is 1. The number of hydrogen-bond acceptors (Lipinski definition) is 7. The van der Waals surface area contributed by atoms with E-state index in [1.165, 1.54) is 19.4 Å². The second-order valence-electron chi connectivity index (χ2n) is 6.40. The molecule has 8 heteroatoms. The SMILES string of the molecule is COC(=O)N(C(=O)c1ccco1)c1ccc(OCc2nc3ccccc3o2)cc1C. The number of anilines is 1. The number of rotatable bonds is 5. The Labute approximate surface area is 171 Å². The van der Waals surface area contributed by atoms with Gasteiger partial charge in [-0.1, -0.05) is 12.1 Å². The van der Waals surface area contributed by atoms with E-state index in [2.05, 4.69) is 4.98 Å². The first-order valence-electron chi connectivity index (χ1n) is 9.10. The molecule has 0 fully saturated rings. The highest BCUT2D eigenvalue weighted by Crippen LogP contribution is 2.28. The van der Waals surface area contributed by atoms with Gasteiger partial charge in [0.2, 0.25) is 5.89 Å². The van der Waals surface area contributed by atoms with Crippen molar-refractivity contribution in [2.24, 2.45) is 0 Å². The number of carbonyl (C=O) groups is 2. The fourth-order valence-corrected chi connectivity index (χ4v) is 2.99. The van der Waals surface area contributed by atoms with Gasteiger partial charge in [-0.15, -0.1) is 0 Å². The highest BCUT2D eigenvalue weighted by molar-refractivity contribution is 6.18. The van der Waals surface area contributed by atoms with E-state index in [1.807, 2.05) is 24.3 Å². The Balaban J connectivity index is 1.54. The number of aromatic nitrogens is 1. The first-order valence-corrected chi connectivity index (χ1v) is 9.10. The van der Waals surface area contributed by atoms with Crippen LogP contribution in [0.5, 0.6) is 5.75 Å². The standard InChI is InChI=1S/C22H18N2O6/c1-14-12-15(29-13-20-23-16-6-3-4-7-18(16)30-20)9-10-17(14)24(22(26)27-2)21(25)19-8-5-11-28-19/h3-12H,13H2,1-2H3. The maximum absolute atomic E-state index is 12.7. The maximum atomic E-state index is 12.7. The van der Waals surface area contributed by atoms with Gasteiger partial charge in [0.15, 0.2) is 18.0 Å². The van der Waals surface area contributed by atoms with Crippen molar-refractivity contribution in [1.29, 1.82) is 0 Å². The van der Waals surface area contributed by atoms with Crippen LogP contribution in [0.15, 0.2) is 69.7 Å². The molecule has 0 bridgehead atoms. The van der Waals surface area contributed by atoms with Gasteiger partial charge in [0.05, 0.1) is 19.1 Å². The van der Waals surface area contributed by atoms with E-state index in [1.54, 1.807) is 31.2 Å². The molecule has 0 spiro atoms. The fraction of sp³-hybridized carbons (Fsp3) is 0.136. The van der Waals surface area contributed by atoms with Gasteiger partial charge in [-0.25, -0.2) is 14.7 Å². The average Bonchev–Trinajstić information content (AvgIpc) is 3.43. The molecule has 0 unspecified atom stereocenters. The molecule has 0 saturated heterocycles. The number of aryl methyl sites for hydroxylation is 1. The van der Waals surface area contributed by atoms with E-state index in [0.29, 0.717) is 28.5 Å². The zero-order valence-corrected chi connectivity index (χ0v) is 16.3. The van der Waals surface area contributed by atoms with Gasteiger partial charge in [0.25, 0.3) is 0 Å². The summed E-state index contributed by atoms with van der Waals surface area (Å²) in [7, 11) is 1.21. The smallest absolute Gasteiger partial charge is 0.421 e. The van der Waals surface area contributed by atoms with E-state index >= 15 is 0 Å². The summed E-state index contributed by atoms with van der Waals surface area (Å²) in [6.45, 7) is 1.90. The van der Waals surface area contributed by atoms with Crippen LogP contribution in [0.1, 0.15) is 22.0 Å². The van der Waals surface area contributed by atoms with Crippen molar-refractivity contribution < 1.29 is 27.9 Å². The highest BCUT2D eigenvalue weighted by atomic mass is 16.5. The van der Waals surface area contributed by atoms with Gasteiger partial charge < -0.3 is 18.3 Å². The van der Waals surface area contributed by atoms with Crippen LogP contribution in [0.25, 0.3) is 11.1 Å². The molecule has 4 rings (SSSR count). The zero-order chi connectivity index (χ0) is 21.1. The van der Waals surface area contributed by atoms with Crippen molar-refractivity contribution >= 4 is 28.8 Å². The summed E-state index contributed by atoms with van der Waals surface area (Å²) in [5, 5.41) is 0. The van der Waals surface area contributed by atoms with Gasteiger partial charge in [0, 0.05) is 0 Å². The van der Waals surface area contributed by atoms with Crippen LogP contribution in [0.2, 0.25) is 0 Å². The Morgan fingerprint density at radius 3 is 2.63 bits per heavy atom. The van der Waals surface area contributed by atoms with Crippen molar-refractivity contribution in [3.8, 4) is 5.75 Å². The minimum atomic E-state index is -0.820. The molecule has 0 atom stereocenters. The van der Waals surface area contributed by atoms with E-state index in [0.717, 1.165) is 10.4 Å². The molecular formula is C22H18N2O6. The molecule has 152 valence electrons. The molecule has 0 saturated carbocycles. The van der Waals surface area contributed by atoms with Crippen molar-refractivity contribution in [1.82, 2.24) is 4.98 Å². The number of para-hydroxylation sites is 2. The predicted octanol–water partition coefficient (Wildman–Crippen LogP) is 4.72. The number of furan rings is 1. The molecule has 8 nitrogen and oxygen atoms in total. The molecule has 2 aromatic heterocycles. The lowest BCUT2D eigenvalue weighted by Gasteiger charge is -2.20. The summed E-state index contributed by atoms with van der Waals surface area (Å²) in [6.07, 6.45) is 0.540. The first-order chi connectivity index (χ1) is 14.6. The number of fused-ring (bicyclic) bond motifs is 1. The van der Waals surface area contributed by atoms with Crippen LogP contribution in [0.4, 0.5) is 10.5 Å². The molecule has 4 aromatic rings. The number of methoxy groups -OCH3 is 1. The summed E-state index contributed by atoms with van der Waals surface area (Å²) >= 11 is 0. The highest BCUT2D eigenvalue weighted by Gasteiger charge is 2.28. The average molecular weight is 406 g/mol. The summed E-state index contributed by atoms with van der Waals surface area (Å²) in [5.74, 6) is 0.377. The Kier molecular flexibility index (Phi) is 5.21. The van der Waals surface area contributed by atoms with Crippen LogP contribution in [-0.2, 0) is 11.3 Å². The van der Waals surface area contributed by atoms with Crippen molar-refractivity contribution in [2.75, 3.05) is 12.0 Å². The van der Waals surface area contributed by atoms with Crippen molar-refractivity contribution in [3.05, 3.63) is 78.1 Å². The summed E-state index contributed by atoms with van der Waals surface area (Å²) in [4.78, 5) is 30.3. The van der Waals surface area contributed by atoms with Crippen LogP contribution in [-0.4, -0.2) is 24.1 Å². The fourth-order valence-electron chi connectivity index (χ4n) is 2.99. The number of imide groups is 1. The molecule has 2 heterocycles. The molecule has 30 heavy (non-hydrogen) atoms. The van der Waals surface area contributed by atoms with Crippen LogP contribution in [0, 0.1) is 6.92 Å². The van der Waals surface area contributed by atoms with Gasteiger partial charge in [-0.2, -0.15) is 0 Å². The third-order valence-electron chi connectivity index (χ3n) is 4.40. The van der Waals surface area contributed by atoms with E-state index in [4.69, 9.17) is 18.3 Å². The molecule has 0 aliphatic carbocycles. The van der Waals surface area contributed by atoms with Gasteiger partial charge >= 0.3 is 12.0 Å². The topological polar surface area (TPSA) is 95.0 Å². The number of benzene rings is 2. The van der Waals surface area contributed by atoms with E-state index in [9.17, 15) is 9.59 Å². The third kappa shape index (κ3) is 3.75. The number of carbonyl (C=O) groups excluding carboxylic acids is 2. The van der Waals surface area contributed by atoms with Crippen LogP contribution >= 0.6 is 0 Å². The van der Waals surface area contributed by atoms with Crippen LogP contribution in [0.3, 0.4) is 0 Å². The quantitative estimate of drug-likeness (QED) is 0.473. The minimum absolute atomic E-state index is 0.0242. The Hall–Kier alpha value is -4.07. The Morgan fingerprint density at radius 1 is 1.10 bits per heavy atom. The Bertz CT molecular complexity index is 1160. The summed E-state index contributed by atoms with van der Waals surface area (Å²) in [5.41, 5.74) is 2.44. The lowest BCUT2D eigenvalue weighted by molar-refractivity contribution is 0.0949. The number of hydrogen-bond donors (Lipinski definition) is 0. The summed E-state index contributed by atoms with van der Waals surface area (Å²) in [6, 6.07) is 15.5. The largest absolute Gasteiger partial charge is 0.484 e. The van der Waals surface area contributed by atoms with Gasteiger partial charge in [-0.3, -0.25) is 4.79 Å². The molecule has 0 aliphatic heterocycles. The zero-order valence-electron chi connectivity index (χ0n) is 16.3. The number of amides is 2. The van der Waals surface area contributed by atoms with Gasteiger partial charge in [0.1, 0.15) is 11.3 Å². The molecule has 2 aromatic carbocycles. The maximum Gasteiger partial charge on any atom is 0.421 e. The van der Waals surface area contributed by atoms with E-state index < -0.39 is 12.0 Å². The van der Waals surface area contributed by atoms with E-state index in [-0.39, 0.29) is 12.4 Å². The molecule has 2 amide bonds.